The Morgan fingerprint density at radius 2 is 2.00 bits per heavy atom. The second-order valence-electron chi connectivity index (χ2n) is 7.62. The van der Waals surface area contributed by atoms with Gasteiger partial charge in [-0.05, 0) is 43.2 Å². The first-order chi connectivity index (χ1) is 15.0. The third-order valence-electron chi connectivity index (χ3n) is 5.40. The molecule has 1 aliphatic rings. The van der Waals surface area contributed by atoms with Crippen molar-refractivity contribution in [2.75, 3.05) is 6.61 Å². The molecule has 0 radical (unpaired) electrons. The lowest BCUT2D eigenvalue weighted by atomic mass is 9.88. The number of fused-ring (bicyclic) bond motifs is 1. The van der Waals surface area contributed by atoms with Gasteiger partial charge in [-0.3, -0.25) is 9.59 Å². The van der Waals surface area contributed by atoms with Gasteiger partial charge in [0.2, 0.25) is 0 Å². The molecule has 1 saturated carbocycles. The molecular weight excluding hydrogens is 416 g/mol. The number of hydrogen-bond acceptors (Lipinski definition) is 5. The molecule has 2 aromatic carbocycles. The van der Waals surface area contributed by atoms with Gasteiger partial charge in [0.25, 0.3) is 11.5 Å². The minimum atomic E-state index is -0.590. The molecule has 0 bridgehead atoms. The molecule has 31 heavy (non-hydrogen) atoms. The molecule has 1 heterocycles. The molecule has 0 spiro atoms. The van der Waals surface area contributed by atoms with Gasteiger partial charge in [-0.1, -0.05) is 43.0 Å². The number of aromatic nitrogens is 2. The minimum Gasteiger partial charge on any atom is -0.483 e. The molecule has 8 heteroatoms. The molecule has 4 rings (SSSR count). The van der Waals surface area contributed by atoms with Crippen LogP contribution in [-0.2, 0) is 4.79 Å². The quantitative estimate of drug-likeness (QED) is 0.591. The monoisotopic (exact) mass is 438 g/mol. The average molecular weight is 439 g/mol. The molecule has 1 fully saturated rings. The van der Waals surface area contributed by atoms with E-state index >= 15 is 0 Å². The zero-order chi connectivity index (χ0) is 21.8. The van der Waals surface area contributed by atoms with Crippen LogP contribution in [0.25, 0.3) is 10.9 Å². The third kappa shape index (κ3) is 4.77. The first-order valence-corrected chi connectivity index (χ1v) is 10.7. The van der Waals surface area contributed by atoms with E-state index in [9.17, 15) is 9.59 Å². The topological polar surface area (TPSA) is 99.6 Å². The largest absolute Gasteiger partial charge is 0.483 e. The average Bonchev–Trinajstić information content (AvgIpc) is 2.78. The molecule has 160 valence electrons. The Balaban J connectivity index is 1.80. The number of para-hydroxylation sites is 1. The van der Waals surface area contributed by atoms with Crippen LogP contribution in [0.3, 0.4) is 0 Å². The van der Waals surface area contributed by atoms with Gasteiger partial charge in [0, 0.05) is 16.5 Å². The number of hydrogen-bond donors (Lipinski definition) is 1. The van der Waals surface area contributed by atoms with Crippen LogP contribution in [0.15, 0.2) is 52.4 Å². The minimum absolute atomic E-state index is 0.174. The molecule has 1 amide bonds. The molecular formula is C23H23ClN4O3. The number of nitrogens with zero attached hydrogens (tertiary/aromatic N) is 3. The van der Waals surface area contributed by atoms with Crippen LogP contribution in [0.2, 0.25) is 5.02 Å². The predicted octanol–water partition coefficient (Wildman–Crippen LogP) is 3.84. The fourth-order valence-electron chi connectivity index (χ4n) is 3.90. The lowest BCUT2D eigenvalue weighted by Gasteiger charge is -2.22. The standard InChI is InChI=1S/C23H23ClN4O3/c24-17-10-11-20(31-14-21(25)29)16(12-17)13-26-28-22(15-6-2-1-3-7-15)27-19-9-5-4-8-18(19)23(28)30/h4-5,8-13,15H,1-3,6-7,14H2,(H2,25,29). The summed E-state index contributed by atoms with van der Waals surface area (Å²) in [5.74, 6) is 0.648. The van der Waals surface area contributed by atoms with E-state index in [1.807, 2.05) is 18.2 Å². The summed E-state index contributed by atoms with van der Waals surface area (Å²) in [7, 11) is 0. The number of halogens is 1. The SMILES string of the molecule is NC(=O)COc1ccc(Cl)cc1C=Nn1c(C2CCCCC2)nc2ccccc2c1=O. The molecule has 7 nitrogen and oxygen atoms in total. The first-order valence-electron chi connectivity index (χ1n) is 10.3. The molecule has 1 aromatic heterocycles. The van der Waals surface area contributed by atoms with Gasteiger partial charge >= 0.3 is 0 Å². The van der Waals surface area contributed by atoms with Crippen molar-refractivity contribution < 1.29 is 9.53 Å². The Morgan fingerprint density at radius 3 is 2.77 bits per heavy atom. The van der Waals surface area contributed by atoms with Crippen LogP contribution >= 0.6 is 11.6 Å². The van der Waals surface area contributed by atoms with E-state index in [1.54, 1.807) is 24.3 Å². The maximum Gasteiger partial charge on any atom is 0.282 e. The second kappa shape index (κ2) is 9.31. The Kier molecular flexibility index (Phi) is 6.32. The number of primary amides is 1. The highest BCUT2D eigenvalue weighted by atomic mass is 35.5. The van der Waals surface area contributed by atoms with E-state index in [-0.39, 0.29) is 18.1 Å². The second-order valence-corrected chi connectivity index (χ2v) is 8.06. The molecule has 2 N–H and O–H groups in total. The fraction of sp³-hybridized carbons (Fsp3) is 0.304. The number of carbonyl (C=O) groups excluding carboxylic acids is 1. The van der Waals surface area contributed by atoms with Crippen LogP contribution in [0, 0.1) is 0 Å². The molecule has 0 atom stereocenters. The lowest BCUT2D eigenvalue weighted by molar-refractivity contribution is -0.119. The maximum absolute atomic E-state index is 13.3. The van der Waals surface area contributed by atoms with Crippen molar-refractivity contribution in [1.29, 1.82) is 0 Å². The van der Waals surface area contributed by atoms with Gasteiger partial charge < -0.3 is 10.5 Å². The number of carbonyl (C=O) groups is 1. The number of nitrogens with two attached hydrogens (primary N) is 1. The van der Waals surface area contributed by atoms with Crippen LogP contribution in [0.5, 0.6) is 5.75 Å². The highest BCUT2D eigenvalue weighted by molar-refractivity contribution is 6.30. The van der Waals surface area contributed by atoms with E-state index in [2.05, 4.69) is 5.10 Å². The highest BCUT2D eigenvalue weighted by Gasteiger charge is 2.22. The summed E-state index contributed by atoms with van der Waals surface area (Å²) in [4.78, 5) is 29.2. The summed E-state index contributed by atoms with van der Waals surface area (Å²) >= 11 is 6.13. The van der Waals surface area contributed by atoms with Crippen molar-refractivity contribution >= 4 is 34.6 Å². The van der Waals surface area contributed by atoms with E-state index in [1.165, 1.54) is 17.3 Å². The molecule has 3 aromatic rings. The van der Waals surface area contributed by atoms with Gasteiger partial charge in [-0.25, -0.2) is 4.98 Å². The summed E-state index contributed by atoms with van der Waals surface area (Å²) in [6, 6.07) is 12.2. The molecule has 0 saturated heterocycles. The summed E-state index contributed by atoms with van der Waals surface area (Å²) in [5, 5.41) is 5.48. The summed E-state index contributed by atoms with van der Waals surface area (Å²) in [6.07, 6.45) is 6.87. The smallest absolute Gasteiger partial charge is 0.282 e. The summed E-state index contributed by atoms with van der Waals surface area (Å²) in [5.41, 5.74) is 6.17. The molecule has 0 unspecified atom stereocenters. The van der Waals surface area contributed by atoms with Crippen LogP contribution in [0.4, 0.5) is 0 Å². The zero-order valence-electron chi connectivity index (χ0n) is 17.0. The molecule has 1 aliphatic carbocycles. The predicted molar refractivity (Wildman–Crippen MR) is 121 cm³/mol. The van der Waals surface area contributed by atoms with Gasteiger partial charge in [-0.15, -0.1) is 0 Å². The molecule has 0 aliphatic heterocycles. The Morgan fingerprint density at radius 1 is 1.23 bits per heavy atom. The zero-order valence-corrected chi connectivity index (χ0v) is 17.7. The number of rotatable bonds is 6. The van der Waals surface area contributed by atoms with Crippen LogP contribution < -0.4 is 16.0 Å². The highest BCUT2D eigenvalue weighted by Crippen LogP contribution is 2.32. The Labute approximate surface area is 184 Å². The van der Waals surface area contributed by atoms with E-state index in [0.717, 1.165) is 25.7 Å². The van der Waals surface area contributed by atoms with Gasteiger partial charge in [0.05, 0.1) is 17.1 Å². The van der Waals surface area contributed by atoms with Crippen molar-refractivity contribution in [1.82, 2.24) is 9.66 Å². The first kappa shape index (κ1) is 21.1. The number of ether oxygens (including phenoxy) is 1. The van der Waals surface area contributed by atoms with Crippen LogP contribution in [0.1, 0.15) is 49.4 Å². The maximum atomic E-state index is 13.3. The Bertz CT molecular complexity index is 1200. The van der Waals surface area contributed by atoms with E-state index in [4.69, 9.17) is 27.1 Å². The normalized spacial score (nSPS) is 14.9. The van der Waals surface area contributed by atoms with Gasteiger partial charge in [0.15, 0.2) is 6.61 Å². The fourth-order valence-corrected chi connectivity index (χ4v) is 4.08. The van der Waals surface area contributed by atoms with E-state index in [0.29, 0.717) is 33.1 Å². The van der Waals surface area contributed by atoms with Crippen molar-refractivity contribution in [3.63, 3.8) is 0 Å². The summed E-state index contributed by atoms with van der Waals surface area (Å²) < 4.78 is 6.85. The van der Waals surface area contributed by atoms with E-state index < -0.39 is 5.91 Å². The Hall–Kier alpha value is -3.19. The van der Waals surface area contributed by atoms with Crippen molar-refractivity contribution in [2.24, 2.45) is 10.8 Å². The van der Waals surface area contributed by atoms with Crippen molar-refractivity contribution in [3.8, 4) is 5.75 Å². The summed E-state index contributed by atoms with van der Waals surface area (Å²) in [6.45, 7) is -0.271. The number of amides is 1. The van der Waals surface area contributed by atoms with Crippen molar-refractivity contribution in [3.05, 3.63) is 69.2 Å². The van der Waals surface area contributed by atoms with Crippen LogP contribution in [-0.4, -0.2) is 28.4 Å². The number of benzene rings is 2. The van der Waals surface area contributed by atoms with Gasteiger partial charge in [-0.2, -0.15) is 9.78 Å². The van der Waals surface area contributed by atoms with Crippen molar-refractivity contribution in [2.45, 2.75) is 38.0 Å². The van der Waals surface area contributed by atoms with Gasteiger partial charge in [0.1, 0.15) is 11.6 Å². The lowest BCUT2D eigenvalue weighted by Crippen LogP contribution is -2.25. The third-order valence-corrected chi connectivity index (χ3v) is 5.64.